The third-order valence-corrected chi connectivity index (χ3v) is 2.80. The van der Waals surface area contributed by atoms with Crippen LogP contribution in [0.25, 0.3) is 0 Å². The van der Waals surface area contributed by atoms with Crippen molar-refractivity contribution in [3.8, 4) is 0 Å². The Hall–Kier alpha value is -2.23. The van der Waals surface area contributed by atoms with Crippen molar-refractivity contribution in [1.29, 1.82) is 0 Å². The van der Waals surface area contributed by atoms with Crippen molar-refractivity contribution in [2.24, 2.45) is 0 Å². The van der Waals surface area contributed by atoms with Gasteiger partial charge in [-0.1, -0.05) is 6.92 Å². The molecule has 0 radical (unpaired) electrons. The Kier molecular flexibility index (Phi) is 3.37. The smallest absolute Gasteiger partial charge is 0.291 e. The highest BCUT2D eigenvalue weighted by molar-refractivity contribution is 6.03. The summed E-state index contributed by atoms with van der Waals surface area (Å²) in [7, 11) is 0. The minimum Gasteiger partial charge on any atom is -0.459 e. The van der Waals surface area contributed by atoms with Gasteiger partial charge in [-0.3, -0.25) is 4.79 Å². The van der Waals surface area contributed by atoms with Gasteiger partial charge in [-0.2, -0.15) is 0 Å². The second kappa shape index (κ2) is 4.96. The van der Waals surface area contributed by atoms with E-state index in [2.05, 4.69) is 5.32 Å². The first-order valence-corrected chi connectivity index (χ1v) is 5.85. The Morgan fingerprint density at radius 3 is 2.83 bits per heavy atom. The summed E-state index contributed by atoms with van der Waals surface area (Å²) in [6, 6.07) is 7.04. The van der Waals surface area contributed by atoms with E-state index in [1.165, 1.54) is 6.26 Å². The SMILES string of the molecule is CCc1cc(N)cc(C)c1NC(=O)c1ccco1. The van der Waals surface area contributed by atoms with E-state index in [4.69, 9.17) is 10.2 Å². The van der Waals surface area contributed by atoms with Crippen LogP contribution in [0.2, 0.25) is 0 Å². The molecular weight excluding hydrogens is 228 g/mol. The topological polar surface area (TPSA) is 68.3 Å². The molecule has 0 aliphatic carbocycles. The van der Waals surface area contributed by atoms with Gasteiger partial charge in [0.15, 0.2) is 5.76 Å². The summed E-state index contributed by atoms with van der Waals surface area (Å²) in [4.78, 5) is 11.9. The predicted molar refractivity (Wildman–Crippen MR) is 71.6 cm³/mol. The number of nitrogens with one attached hydrogen (secondary N) is 1. The molecule has 0 aliphatic heterocycles. The monoisotopic (exact) mass is 244 g/mol. The van der Waals surface area contributed by atoms with Crippen molar-refractivity contribution in [2.75, 3.05) is 11.1 Å². The number of carbonyl (C=O) groups is 1. The molecule has 3 N–H and O–H groups in total. The molecule has 1 heterocycles. The fourth-order valence-corrected chi connectivity index (χ4v) is 1.93. The van der Waals surface area contributed by atoms with Gasteiger partial charge in [-0.25, -0.2) is 0 Å². The van der Waals surface area contributed by atoms with Gasteiger partial charge in [0, 0.05) is 11.4 Å². The van der Waals surface area contributed by atoms with Crippen LogP contribution in [-0.4, -0.2) is 5.91 Å². The van der Waals surface area contributed by atoms with Crippen molar-refractivity contribution >= 4 is 17.3 Å². The van der Waals surface area contributed by atoms with Crippen LogP contribution in [0, 0.1) is 6.92 Å². The zero-order chi connectivity index (χ0) is 13.1. The van der Waals surface area contributed by atoms with E-state index in [1.807, 2.05) is 26.0 Å². The molecule has 0 aliphatic rings. The van der Waals surface area contributed by atoms with Crippen LogP contribution in [0.3, 0.4) is 0 Å². The maximum absolute atomic E-state index is 11.9. The number of carbonyl (C=O) groups excluding carboxylic acids is 1. The van der Waals surface area contributed by atoms with Crippen LogP contribution in [0.15, 0.2) is 34.9 Å². The number of amides is 1. The molecule has 2 rings (SSSR count). The minimum atomic E-state index is -0.248. The van der Waals surface area contributed by atoms with E-state index in [-0.39, 0.29) is 5.91 Å². The van der Waals surface area contributed by atoms with E-state index in [0.29, 0.717) is 11.4 Å². The van der Waals surface area contributed by atoms with Gasteiger partial charge in [0.2, 0.25) is 0 Å². The third-order valence-electron chi connectivity index (χ3n) is 2.80. The summed E-state index contributed by atoms with van der Waals surface area (Å²) in [5.41, 5.74) is 9.29. The zero-order valence-corrected chi connectivity index (χ0v) is 10.5. The third kappa shape index (κ3) is 2.37. The molecule has 0 saturated heterocycles. The van der Waals surface area contributed by atoms with Crippen LogP contribution in [-0.2, 0) is 6.42 Å². The summed E-state index contributed by atoms with van der Waals surface area (Å²) >= 11 is 0. The largest absolute Gasteiger partial charge is 0.459 e. The van der Waals surface area contributed by atoms with E-state index >= 15 is 0 Å². The van der Waals surface area contributed by atoms with Crippen molar-refractivity contribution < 1.29 is 9.21 Å². The molecule has 0 atom stereocenters. The van der Waals surface area contributed by atoms with Gasteiger partial charge >= 0.3 is 0 Å². The maximum Gasteiger partial charge on any atom is 0.291 e. The quantitative estimate of drug-likeness (QED) is 0.815. The number of furan rings is 1. The fraction of sp³-hybridized carbons (Fsp3) is 0.214. The first kappa shape index (κ1) is 12.2. The van der Waals surface area contributed by atoms with Crippen LogP contribution >= 0.6 is 0 Å². The Morgan fingerprint density at radius 1 is 1.44 bits per heavy atom. The standard InChI is InChI=1S/C14H16N2O2/c1-3-10-8-11(15)7-9(2)13(10)16-14(17)12-5-4-6-18-12/h4-8H,3,15H2,1-2H3,(H,16,17). The van der Waals surface area contributed by atoms with E-state index in [9.17, 15) is 4.79 Å². The summed E-state index contributed by atoms with van der Waals surface area (Å²) in [5.74, 6) is 0.0517. The Morgan fingerprint density at radius 2 is 2.22 bits per heavy atom. The van der Waals surface area contributed by atoms with Gasteiger partial charge < -0.3 is 15.5 Å². The molecule has 1 amide bonds. The molecule has 4 nitrogen and oxygen atoms in total. The van der Waals surface area contributed by atoms with E-state index < -0.39 is 0 Å². The number of nitrogen functional groups attached to an aromatic ring is 1. The number of benzene rings is 1. The lowest BCUT2D eigenvalue weighted by Gasteiger charge is -2.13. The molecule has 1 aromatic carbocycles. The molecular formula is C14H16N2O2. The average molecular weight is 244 g/mol. The number of nitrogens with two attached hydrogens (primary N) is 1. The number of rotatable bonds is 3. The average Bonchev–Trinajstić information content (AvgIpc) is 2.85. The first-order chi connectivity index (χ1) is 8.61. The van der Waals surface area contributed by atoms with E-state index in [1.54, 1.807) is 12.1 Å². The zero-order valence-electron chi connectivity index (χ0n) is 10.5. The summed E-state index contributed by atoms with van der Waals surface area (Å²) in [6.45, 7) is 3.95. The lowest BCUT2D eigenvalue weighted by atomic mass is 10.0. The highest BCUT2D eigenvalue weighted by atomic mass is 16.3. The molecule has 4 heteroatoms. The van der Waals surface area contributed by atoms with Gasteiger partial charge in [-0.05, 0) is 48.7 Å². The van der Waals surface area contributed by atoms with Gasteiger partial charge in [0.25, 0.3) is 5.91 Å². The normalized spacial score (nSPS) is 10.3. The summed E-state index contributed by atoms with van der Waals surface area (Å²) < 4.78 is 5.07. The molecule has 2 aromatic rings. The lowest BCUT2D eigenvalue weighted by molar-refractivity contribution is 0.0996. The first-order valence-electron chi connectivity index (χ1n) is 5.85. The molecule has 0 bridgehead atoms. The highest BCUT2D eigenvalue weighted by Gasteiger charge is 2.13. The molecule has 0 spiro atoms. The fourth-order valence-electron chi connectivity index (χ4n) is 1.93. The number of hydrogen-bond donors (Lipinski definition) is 2. The van der Waals surface area contributed by atoms with Gasteiger partial charge in [0.1, 0.15) is 0 Å². The van der Waals surface area contributed by atoms with Crippen molar-refractivity contribution in [1.82, 2.24) is 0 Å². The molecule has 0 saturated carbocycles. The Bertz CT molecular complexity index is 559. The molecule has 0 fully saturated rings. The highest BCUT2D eigenvalue weighted by Crippen LogP contribution is 2.25. The maximum atomic E-state index is 11.9. The predicted octanol–water partition coefficient (Wildman–Crippen LogP) is 2.98. The second-order valence-electron chi connectivity index (χ2n) is 4.16. The Balaban J connectivity index is 2.31. The Labute approximate surface area is 106 Å². The van der Waals surface area contributed by atoms with Gasteiger partial charge in [0.05, 0.1) is 6.26 Å². The van der Waals surface area contributed by atoms with Crippen LogP contribution in [0.5, 0.6) is 0 Å². The molecule has 94 valence electrons. The van der Waals surface area contributed by atoms with Crippen LogP contribution in [0.1, 0.15) is 28.6 Å². The van der Waals surface area contributed by atoms with E-state index in [0.717, 1.165) is 23.2 Å². The molecule has 0 unspecified atom stereocenters. The van der Waals surface area contributed by atoms with Crippen molar-refractivity contribution in [3.63, 3.8) is 0 Å². The van der Waals surface area contributed by atoms with Crippen LogP contribution in [0.4, 0.5) is 11.4 Å². The lowest BCUT2D eigenvalue weighted by Crippen LogP contribution is -2.13. The summed E-state index contributed by atoms with van der Waals surface area (Å²) in [5, 5.41) is 2.87. The molecule has 18 heavy (non-hydrogen) atoms. The minimum absolute atomic E-state index is 0.248. The number of anilines is 2. The van der Waals surface area contributed by atoms with Crippen molar-refractivity contribution in [2.45, 2.75) is 20.3 Å². The van der Waals surface area contributed by atoms with Crippen molar-refractivity contribution in [3.05, 3.63) is 47.4 Å². The summed E-state index contributed by atoms with van der Waals surface area (Å²) in [6.07, 6.45) is 2.28. The number of aryl methyl sites for hydroxylation is 2. The number of hydrogen-bond acceptors (Lipinski definition) is 3. The van der Waals surface area contributed by atoms with Gasteiger partial charge in [-0.15, -0.1) is 0 Å². The molecule has 1 aromatic heterocycles. The second-order valence-corrected chi connectivity index (χ2v) is 4.16. The van der Waals surface area contributed by atoms with Crippen LogP contribution < -0.4 is 11.1 Å².